The molecule has 4 heteroatoms. The maximum atomic E-state index is 5.80. The van der Waals surface area contributed by atoms with Crippen molar-refractivity contribution in [1.82, 2.24) is 0 Å². The highest BCUT2D eigenvalue weighted by Crippen LogP contribution is 2.56. The van der Waals surface area contributed by atoms with Crippen LogP contribution >= 0.6 is 25.3 Å². The highest BCUT2D eigenvalue weighted by molar-refractivity contribution is 7.80. The van der Waals surface area contributed by atoms with E-state index >= 15 is 0 Å². The zero-order valence-electron chi connectivity index (χ0n) is 18.3. The summed E-state index contributed by atoms with van der Waals surface area (Å²) >= 11 is 8.51. The van der Waals surface area contributed by atoms with Crippen LogP contribution < -0.4 is 9.47 Å². The summed E-state index contributed by atoms with van der Waals surface area (Å²) < 4.78 is 11.6. The van der Waals surface area contributed by atoms with E-state index in [1.807, 2.05) is 0 Å². The van der Waals surface area contributed by atoms with Gasteiger partial charge in [-0.3, -0.25) is 0 Å². The van der Waals surface area contributed by atoms with Gasteiger partial charge in [0.25, 0.3) is 0 Å². The van der Waals surface area contributed by atoms with Gasteiger partial charge in [0.1, 0.15) is 11.5 Å². The van der Waals surface area contributed by atoms with Gasteiger partial charge in [0.05, 0.1) is 18.6 Å². The zero-order valence-corrected chi connectivity index (χ0v) is 20.1. The second-order valence-electron chi connectivity index (χ2n) is 8.03. The molecule has 0 amide bonds. The highest BCUT2D eigenvalue weighted by atomic mass is 32.1. The van der Waals surface area contributed by atoms with Crippen LogP contribution in [0.1, 0.15) is 22.3 Å². The molecule has 0 unspecified atom stereocenters. The SMILES string of the molecule is SCCOc1ccc(C2(c3ccc(OCCS)cc3)c3ccccc3-c3ccccc32)cc1. The van der Waals surface area contributed by atoms with E-state index in [9.17, 15) is 0 Å². The Morgan fingerprint density at radius 3 is 1.30 bits per heavy atom. The first-order valence-electron chi connectivity index (χ1n) is 11.2. The monoisotopic (exact) mass is 470 g/mol. The molecule has 2 nitrogen and oxygen atoms in total. The molecule has 0 heterocycles. The van der Waals surface area contributed by atoms with Crippen LogP contribution in [-0.4, -0.2) is 24.7 Å². The number of rotatable bonds is 8. The molecular formula is C29H26O2S2. The predicted octanol–water partition coefficient (Wildman–Crippen LogP) is 6.67. The normalized spacial score (nSPS) is 13.3. The average Bonchev–Trinajstić information content (AvgIpc) is 3.18. The molecule has 0 fully saturated rings. The Morgan fingerprint density at radius 1 is 0.515 bits per heavy atom. The van der Waals surface area contributed by atoms with Crippen molar-refractivity contribution in [2.75, 3.05) is 24.7 Å². The molecule has 0 aliphatic heterocycles. The Bertz CT molecular complexity index is 1130. The molecule has 0 N–H and O–H groups in total. The molecule has 5 rings (SSSR count). The molecule has 166 valence electrons. The molecule has 0 spiro atoms. The standard InChI is InChI=1S/C29H26O2S2/c32-19-17-30-23-13-9-21(10-14-23)29(22-11-15-24(16-12-22)31-18-20-33)27-7-3-1-5-25(27)26-6-2-4-8-28(26)29/h1-16,32-33H,17-20H2. The van der Waals surface area contributed by atoms with Crippen LogP contribution in [0.2, 0.25) is 0 Å². The number of fused-ring (bicyclic) bond motifs is 3. The van der Waals surface area contributed by atoms with Crippen molar-refractivity contribution in [3.8, 4) is 22.6 Å². The Hall–Kier alpha value is -2.82. The van der Waals surface area contributed by atoms with Gasteiger partial charge in [-0.15, -0.1) is 0 Å². The molecule has 0 aromatic heterocycles. The van der Waals surface area contributed by atoms with E-state index < -0.39 is 5.41 Å². The predicted molar refractivity (Wildman–Crippen MR) is 142 cm³/mol. The van der Waals surface area contributed by atoms with Gasteiger partial charge in [0.15, 0.2) is 0 Å². The molecule has 33 heavy (non-hydrogen) atoms. The van der Waals surface area contributed by atoms with Crippen LogP contribution in [0.3, 0.4) is 0 Å². The van der Waals surface area contributed by atoms with Gasteiger partial charge in [0, 0.05) is 11.5 Å². The molecule has 4 aromatic carbocycles. The highest BCUT2D eigenvalue weighted by Gasteiger charge is 2.45. The van der Waals surface area contributed by atoms with Crippen LogP contribution in [0, 0.1) is 0 Å². The fourth-order valence-corrected chi connectivity index (χ4v) is 5.14. The third kappa shape index (κ3) is 3.81. The smallest absolute Gasteiger partial charge is 0.119 e. The van der Waals surface area contributed by atoms with Crippen LogP contribution in [-0.2, 0) is 5.41 Å². The minimum absolute atomic E-state index is 0.419. The summed E-state index contributed by atoms with van der Waals surface area (Å²) in [6.45, 7) is 1.18. The summed E-state index contributed by atoms with van der Waals surface area (Å²) in [5, 5.41) is 0. The summed E-state index contributed by atoms with van der Waals surface area (Å²) in [5.41, 5.74) is 7.14. The van der Waals surface area contributed by atoms with Crippen LogP contribution in [0.4, 0.5) is 0 Å². The first-order chi connectivity index (χ1) is 16.3. The van der Waals surface area contributed by atoms with Crippen molar-refractivity contribution in [3.63, 3.8) is 0 Å². The average molecular weight is 471 g/mol. The minimum Gasteiger partial charge on any atom is -0.493 e. The molecule has 0 bridgehead atoms. The third-order valence-corrected chi connectivity index (χ3v) is 6.61. The summed E-state index contributed by atoms with van der Waals surface area (Å²) in [4.78, 5) is 0. The maximum Gasteiger partial charge on any atom is 0.119 e. The lowest BCUT2D eigenvalue weighted by molar-refractivity contribution is 0.344. The Labute approximate surface area is 206 Å². The third-order valence-electron chi connectivity index (χ3n) is 6.25. The van der Waals surface area contributed by atoms with E-state index in [0.717, 1.165) is 11.5 Å². The molecule has 0 saturated carbocycles. The van der Waals surface area contributed by atoms with Gasteiger partial charge in [-0.05, 0) is 57.6 Å². The van der Waals surface area contributed by atoms with Gasteiger partial charge in [-0.25, -0.2) is 0 Å². The van der Waals surface area contributed by atoms with Crippen molar-refractivity contribution in [1.29, 1.82) is 0 Å². The molecule has 0 atom stereocenters. The second-order valence-corrected chi connectivity index (χ2v) is 8.93. The van der Waals surface area contributed by atoms with E-state index in [0.29, 0.717) is 24.7 Å². The fraction of sp³-hybridized carbons (Fsp3) is 0.172. The number of ether oxygens (including phenoxy) is 2. The van der Waals surface area contributed by atoms with E-state index in [2.05, 4.69) is 122 Å². The van der Waals surface area contributed by atoms with Crippen LogP contribution in [0.25, 0.3) is 11.1 Å². The number of thiol groups is 2. The molecule has 4 aromatic rings. The van der Waals surface area contributed by atoms with Gasteiger partial charge < -0.3 is 9.47 Å². The van der Waals surface area contributed by atoms with Gasteiger partial charge in [-0.1, -0.05) is 72.8 Å². The van der Waals surface area contributed by atoms with E-state index in [4.69, 9.17) is 9.47 Å². The zero-order chi connectivity index (χ0) is 22.7. The molecule has 1 aliphatic carbocycles. The van der Waals surface area contributed by atoms with Crippen molar-refractivity contribution in [2.45, 2.75) is 5.41 Å². The van der Waals surface area contributed by atoms with Gasteiger partial charge in [-0.2, -0.15) is 25.3 Å². The first-order valence-corrected chi connectivity index (χ1v) is 12.4. The quantitative estimate of drug-likeness (QED) is 0.247. The molecule has 1 aliphatic rings. The van der Waals surface area contributed by atoms with Gasteiger partial charge >= 0.3 is 0 Å². The molecular weight excluding hydrogens is 444 g/mol. The molecule has 0 saturated heterocycles. The van der Waals surface area contributed by atoms with Crippen molar-refractivity contribution in [2.24, 2.45) is 0 Å². The minimum atomic E-state index is -0.419. The summed E-state index contributed by atoms with van der Waals surface area (Å²) in [6.07, 6.45) is 0. The maximum absolute atomic E-state index is 5.80. The topological polar surface area (TPSA) is 18.5 Å². The summed E-state index contributed by atoms with van der Waals surface area (Å²) in [5.74, 6) is 3.10. The Kier molecular flexibility index (Phi) is 6.39. The lowest BCUT2D eigenvalue weighted by Gasteiger charge is -2.34. The Balaban J connectivity index is 1.72. The van der Waals surface area contributed by atoms with Gasteiger partial charge in [0.2, 0.25) is 0 Å². The lowest BCUT2D eigenvalue weighted by Crippen LogP contribution is -2.28. The fourth-order valence-electron chi connectivity index (χ4n) is 4.95. The van der Waals surface area contributed by atoms with Crippen molar-refractivity contribution in [3.05, 3.63) is 119 Å². The first kappa shape index (κ1) is 22.0. The van der Waals surface area contributed by atoms with E-state index in [1.165, 1.54) is 33.4 Å². The number of hydrogen-bond acceptors (Lipinski definition) is 4. The number of hydrogen-bond donors (Lipinski definition) is 2. The molecule has 0 radical (unpaired) electrons. The van der Waals surface area contributed by atoms with Crippen LogP contribution in [0.15, 0.2) is 97.1 Å². The summed E-state index contributed by atoms with van der Waals surface area (Å²) in [7, 11) is 0. The lowest BCUT2D eigenvalue weighted by atomic mass is 9.68. The largest absolute Gasteiger partial charge is 0.493 e. The van der Waals surface area contributed by atoms with E-state index in [-0.39, 0.29) is 0 Å². The second kappa shape index (κ2) is 9.58. The summed E-state index contributed by atoms with van der Waals surface area (Å²) in [6, 6.07) is 34.5. The van der Waals surface area contributed by atoms with Crippen molar-refractivity contribution < 1.29 is 9.47 Å². The van der Waals surface area contributed by atoms with E-state index in [1.54, 1.807) is 0 Å². The Morgan fingerprint density at radius 2 is 0.909 bits per heavy atom. The number of benzene rings is 4. The van der Waals surface area contributed by atoms with Crippen LogP contribution in [0.5, 0.6) is 11.5 Å². The van der Waals surface area contributed by atoms with Crippen molar-refractivity contribution >= 4 is 25.3 Å².